The lowest BCUT2D eigenvalue weighted by Gasteiger charge is -2.34. The molecular weight excluding hydrogens is 382 g/mol. The molecule has 0 heterocycles. The number of urea groups is 1. The smallest absolute Gasteiger partial charge is 0.312 e. The van der Waals surface area contributed by atoms with Crippen molar-refractivity contribution in [2.75, 3.05) is 6.61 Å². The number of carbonyl (C=O) groups excluding carboxylic acids is 3. The number of rotatable bonds is 7. The summed E-state index contributed by atoms with van der Waals surface area (Å²) < 4.78 is 5.10. The lowest BCUT2D eigenvalue weighted by molar-refractivity contribution is -0.149. The molecule has 28 heavy (non-hydrogen) atoms. The van der Waals surface area contributed by atoms with Crippen LogP contribution in [0.15, 0.2) is 24.3 Å². The van der Waals surface area contributed by atoms with Crippen LogP contribution in [0, 0.1) is 11.8 Å². The molecule has 1 aromatic rings. The molecule has 1 aliphatic rings. The molecule has 8 heteroatoms. The minimum Gasteiger partial charge on any atom is -0.456 e. The Labute approximate surface area is 170 Å². The van der Waals surface area contributed by atoms with Gasteiger partial charge in [-0.05, 0) is 36.0 Å². The third-order valence-corrected chi connectivity index (χ3v) is 5.63. The van der Waals surface area contributed by atoms with Gasteiger partial charge in [-0.1, -0.05) is 50.4 Å². The second kappa shape index (κ2) is 10.3. The van der Waals surface area contributed by atoms with Crippen molar-refractivity contribution in [3.05, 3.63) is 34.9 Å². The molecule has 3 amide bonds. The molecule has 4 atom stereocenters. The minimum atomic E-state index is -0.758. The van der Waals surface area contributed by atoms with E-state index in [4.69, 9.17) is 22.1 Å². The quantitative estimate of drug-likeness (QED) is 0.601. The molecule has 154 valence electrons. The van der Waals surface area contributed by atoms with Crippen LogP contribution in [-0.4, -0.2) is 30.6 Å². The second-order valence-corrected chi connectivity index (χ2v) is 7.86. The highest BCUT2D eigenvalue weighted by molar-refractivity contribution is 6.30. The maximum atomic E-state index is 12.2. The molecule has 0 saturated heterocycles. The van der Waals surface area contributed by atoms with Crippen LogP contribution in [0.3, 0.4) is 0 Å². The standard InChI is InChI=1S/C20H28ClN3O4/c1-12-4-3-5-16(13(12)2)23-18(25)11-28-19(26)10-17(24-20(22)27)14-6-8-15(21)9-7-14/h6-9,12-13,16-17H,3-5,10-11H2,1-2H3,(H,23,25)(H3,22,24,27)/t12-,13+,16+,17-/m0/s1. The van der Waals surface area contributed by atoms with Crippen LogP contribution >= 0.6 is 11.6 Å². The zero-order chi connectivity index (χ0) is 20.7. The number of ether oxygens (including phenoxy) is 1. The van der Waals surface area contributed by atoms with Gasteiger partial charge < -0.3 is 21.1 Å². The molecule has 1 aromatic carbocycles. The lowest BCUT2D eigenvalue weighted by Crippen LogP contribution is -2.45. The Kier molecular flexibility index (Phi) is 8.11. The van der Waals surface area contributed by atoms with Crippen LogP contribution < -0.4 is 16.4 Å². The van der Waals surface area contributed by atoms with Gasteiger partial charge in [-0.2, -0.15) is 0 Å². The van der Waals surface area contributed by atoms with Gasteiger partial charge in [0.1, 0.15) is 0 Å². The van der Waals surface area contributed by atoms with E-state index in [-0.39, 0.29) is 25.0 Å². The first kappa shape index (κ1) is 22.0. The van der Waals surface area contributed by atoms with Gasteiger partial charge in [0.2, 0.25) is 0 Å². The molecule has 0 spiro atoms. The van der Waals surface area contributed by atoms with Crippen molar-refractivity contribution in [2.45, 2.75) is 51.6 Å². The van der Waals surface area contributed by atoms with Crippen LogP contribution in [0.25, 0.3) is 0 Å². The number of primary amides is 1. The number of halogens is 1. The molecule has 0 radical (unpaired) electrons. The van der Waals surface area contributed by atoms with Crippen molar-refractivity contribution in [1.29, 1.82) is 0 Å². The van der Waals surface area contributed by atoms with E-state index in [1.807, 2.05) is 0 Å². The highest BCUT2D eigenvalue weighted by Gasteiger charge is 2.28. The fraction of sp³-hybridized carbons (Fsp3) is 0.550. The highest BCUT2D eigenvalue weighted by atomic mass is 35.5. The summed E-state index contributed by atoms with van der Waals surface area (Å²) in [6, 6.07) is 5.36. The zero-order valence-corrected chi connectivity index (χ0v) is 17.0. The van der Waals surface area contributed by atoms with Crippen molar-refractivity contribution in [3.63, 3.8) is 0 Å². The largest absolute Gasteiger partial charge is 0.456 e. The summed E-state index contributed by atoms with van der Waals surface area (Å²) in [6.45, 7) is 3.97. The normalized spacial score (nSPS) is 22.8. The Morgan fingerprint density at radius 2 is 1.89 bits per heavy atom. The van der Waals surface area contributed by atoms with Crippen molar-refractivity contribution in [1.82, 2.24) is 10.6 Å². The first-order valence-corrected chi connectivity index (χ1v) is 9.90. The minimum absolute atomic E-state index is 0.105. The number of benzene rings is 1. The van der Waals surface area contributed by atoms with Gasteiger partial charge in [0, 0.05) is 11.1 Å². The summed E-state index contributed by atoms with van der Waals surface area (Å²) in [5.41, 5.74) is 5.86. The third kappa shape index (κ3) is 6.71. The van der Waals surface area contributed by atoms with Crippen LogP contribution in [0.2, 0.25) is 5.02 Å². The monoisotopic (exact) mass is 409 g/mol. The van der Waals surface area contributed by atoms with Crippen LogP contribution in [0.5, 0.6) is 0 Å². The molecule has 7 nitrogen and oxygen atoms in total. The number of hydrogen-bond acceptors (Lipinski definition) is 4. The van der Waals surface area contributed by atoms with Crippen LogP contribution in [-0.2, 0) is 14.3 Å². The molecule has 0 unspecified atom stereocenters. The van der Waals surface area contributed by atoms with Gasteiger partial charge in [0.05, 0.1) is 12.5 Å². The van der Waals surface area contributed by atoms with Crippen molar-refractivity contribution in [2.24, 2.45) is 17.6 Å². The fourth-order valence-corrected chi connectivity index (χ4v) is 3.65. The maximum absolute atomic E-state index is 12.2. The van der Waals surface area contributed by atoms with E-state index < -0.39 is 18.0 Å². The van der Waals surface area contributed by atoms with Gasteiger partial charge in [-0.3, -0.25) is 9.59 Å². The first-order chi connectivity index (χ1) is 13.3. The number of nitrogens with two attached hydrogens (primary N) is 1. The van der Waals surface area contributed by atoms with E-state index in [1.54, 1.807) is 24.3 Å². The van der Waals surface area contributed by atoms with Crippen LogP contribution in [0.1, 0.15) is 51.1 Å². The molecule has 0 aliphatic heterocycles. The summed E-state index contributed by atoms with van der Waals surface area (Å²) >= 11 is 5.86. The number of amides is 3. The predicted octanol–water partition coefficient (Wildman–Crippen LogP) is 2.92. The van der Waals surface area contributed by atoms with Crippen LogP contribution in [0.4, 0.5) is 4.79 Å². The molecule has 1 saturated carbocycles. The molecule has 2 rings (SSSR count). The topological polar surface area (TPSA) is 111 Å². The van der Waals surface area contributed by atoms with Gasteiger partial charge in [-0.25, -0.2) is 4.79 Å². The summed E-state index contributed by atoms with van der Waals surface area (Å²) in [6.07, 6.45) is 3.04. The number of hydrogen-bond donors (Lipinski definition) is 3. The number of esters is 1. The predicted molar refractivity (Wildman–Crippen MR) is 107 cm³/mol. The summed E-state index contributed by atoms with van der Waals surface area (Å²) in [5, 5.41) is 6.00. The summed E-state index contributed by atoms with van der Waals surface area (Å²) in [4.78, 5) is 35.6. The molecule has 0 bridgehead atoms. The maximum Gasteiger partial charge on any atom is 0.312 e. The Balaban J connectivity index is 1.85. The van der Waals surface area contributed by atoms with E-state index in [0.717, 1.165) is 12.8 Å². The average Bonchev–Trinajstić information content (AvgIpc) is 2.63. The Hall–Kier alpha value is -2.28. The van der Waals surface area contributed by atoms with E-state index >= 15 is 0 Å². The third-order valence-electron chi connectivity index (χ3n) is 5.38. The van der Waals surface area contributed by atoms with E-state index in [0.29, 0.717) is 22.4 Å². The van der Waals surface area contributed by atoms with Crippen molar-refractivity contribution in [3.8, 4) is 0 Å². The number of carbonyl (C=O) groups is 3. The molecule has 1 aliphatic carbocycles. The van der Waals surface area contributed by atoms with Gasteiger partial charge in [0.25, 0.3) is 5.91 Å². The van der Waals surface area contributed by atoms with Crippen molar-refractivity contribution >= 4 is 29.5 Å². The Bertz CT molecular complexity index is 695. The van der Waals surface area contributed by atoms with Gasteiger partial charge in [-0.15, -0.1) is 0 Å². The molecule has 1 fully saturated rings. The van der Waals surface area contributed by atoms with Gasteiger partial charge in [0.15, 0.2) is 6.61 Å². The Morgan fingerprint density at radius 3 is 2.54 bits per heavy atom. The second-order valence-electron chi connectivity index (χ2n) is 7.42. The summed E-state index contributed by atoms with van der Waals surface area (Å²) in [5.74, 6) is 0.0307. The van der Waals surface area contributed by atoms with Gasteiger partial charge >= 0.3 is 12.0 Å². The molecule has 0 aromatic heterocycles. The molecule has 4 N–H and O–H groups in total. The first-order valence-electron chi connectivity index (χ1n) is 9.52. The SMILES string of the molecule is C[C@@H]1[C@@H](C)CCC[C@H]1NC(=O)COC(=O)C[C@H](NC(N)=O)c1ccc(Cl)cc1. The van der Waals surface area contributed by atoms with E-state index in [2.05, 4.69) is 24.5 Å². The van der Waals surface area contributed by atoms with Crippen molar-refractivity contribution < 1.29 is 19.1 Å². The fourth-order valence-electron chi connectivity index (χ4n) is 3.52. The van der Waals surface area contributed by atoms with E-state index in [1.165, 1.54) is 6.42 Å². The summed E-state index contributed by atoms with van der Waals surface area (Å²) in [7, 11) is 0. The lowest BCUT2D eigenvalue weighted by atomic mass is 9.78. The van der Waals surface area contributed by atoms with E-state index in [9.17, 15) is 14.4 Å². The average molecular weight is 410 g/mol. The number of nitrogens with one attached hydrogen (secondary N) is 2. The molecular formula is C20H28ClN3O4. The zero-order valence-electron chi connectivity index (χ0n) is 16.2. The Morgan fingerprint density at radius 1 is 1.21 bits per heavy atom. The highest BCUT2D eigenvalue weighted by Crippen LogP contribution is 2.29.